The van der Waals surface area contributed by atoms with Crippen molar-refractivity contribution >= 4 is 22.7 Å². The lowest BCUT2D eigenvalue weighted by Crippen LogP contribution is -2.50. The molecule has 0 saturated carbocycles. The van der Waals surface area contributed by atoms with Gasteiger partial charge in [-0.05, 0) is 45.4 Å². The highest BCUT2D eigenvalue weighted by molar-refractivity contribution is 5.89. The summed E-state index contributed by atoms with van der Waals surface area (Å²) >= 11 is 0. The lowest BCUT2D eigenvalue weighted by molar-refractivity contribution is 0.0240. The van der Waals surface area contributed by atoms with Gasteiger partial charge >= 0.3 is 6.09 Å². The molecule has 38 heavy (non-hydrogen) atoms. The zero-order chi connectivity index (χ0) is 27.0. The van der Waals surface area contributed by atoms with Gasteiger partial charge in [0.1, 0.15) is 11.4 Å². The maximum Gasteiger partial charge on any atom is 0.410 e. The predicted molar refractivity (Wildman–Crippen MR) is 147 cm³/mol. The van der Waals surface area contributed by atoms with E-state index in [4.69, 9.17) is 13.9 Å². The number of oxazole rings is 1. The number of amides is 1. The van der Waals surface area contributed by atoms with Gasteiger partial charge in [0.15, 0.2) is 17.6 Å². The number of H-pyrrole nitrogens is 1. The van der Waals surface area contributed by atoms with E-state index in [0.29, 0.717) is 59.8 Å². The summed E-state index contributed by atoms with van der Waals surface area (Å²) in [5, 5.41) is 0.534. The van der Waals surface area contributed by atoms with E-state index in [1.165, 1.54) is 6.39 Å². The zero-order valence-electron chi connectivity index (χ0n) is 22.3. The van der Waals surface area contributed by atoms with E-state index >= 15 is 0 Å². The van der Waals surface area contributed by atoms with Crippen LogP contribution in [0.3, 0.4) is 0 Å². The minimum absolute atomic E-state index is 0.106. The van der Waals surface area contributed by atoms with E-state index in [9.17, 15) is 9.59 Å². The number of nitrogens with one attached hydrogen (secondary N) is 1. The average Bonchev–Trinajstić information content (AvgIpc) is 3.42. The first kappa shape index (κ1) is 25.4. The lowest BCUT2D eigenvalue weighted by Gasteiger charge is -2.37. The van der Waals surface area contributed by atoms with Gasteiger partial charge in [0.25, 0.3) is 0 Å². The standard InChI is InChI=1S/C29H32N4O5/c1-18-6-7-19(12-24(18)32-8-10-33(11-9-32)28(35)38-29(2,3)4)22-14-25(34)20-13-21(27-16-30-17-37-27)26(36-5)15-23(20)31-22/h6-7,12-17H,8-11H2,1-5H3,(H,31,34). The zero-order valence-corrected chi connectivity index (χ0v) is 22.3. The monoisotopic (exact) mass is 516 g/mol. The van der Waals surface area contributed by atoms with E-state index in [-0.39, 0.29) is 11.5 Å². The van der Waals surface area contributed by atoms with Crippen molar-refractivity contribution in [1.29, 1.82) is 0 Å². The van der Waals surface area contributed by atoms with Crippen molar-refractivity contribution in [3.8, 4) is 28.3 Å². The van der Waals surface area contributed by atoms with Crippen LogP contribution >= 0.6 is 0 Å². The van der Waals surface area contributed by atoms with Crippen LogP contribution in [-0.4, -0.2) is 59.9 Å². The quantitative estimate of drug-likeness (QED) is 0.397. The number of rotatable bonds is 4. The third-order valence-electron chi connectivity index (χ3n) is 6.64. The number of anilines is 1. The first-order chi connectivity index (χ1) is 18.1. The predicted octanol–water partition coefficient (Wildman–Crippen LogP) is 5.22. The van der Waals surface area contributed by atoms with Gasteiger partial charge in [0.05, 0.1) is 24.4 Å². The summed E-state index contributed by atoms with van der Waals surface area (Å²) in [7, 11) is 1.58. The van der Waals surface area contributed by atoms with Crippen LogP contribution in [0.5, 0.6) is 5.75 Å². The fourth-order valence-electron chi connectivity index (χ4n) is 4.72. The number of methoxy groups -OCH3 is 1. The number of nitrogens with zero attached hydrogens (tertiary/aromatic N) is 3. The van der Waals surface area contributed by atoms with Gasteiger partial charge in [-0.1, -0.05) is 12.1 Å². The molecule has 2 aromatic heterocycles. The second-order valence-electron chi connectivity index (χ2n) is 10.5. The molecule has 0 radical (unpaired) electrons. The van der Waals surface area contributed by atoms with Gasteiger partial charge < -0.3 is 28.7 Å². The normalized spacial score (nSPS) is 14.1. The summed E-state index contributed by atoms with van der Waals surface area (Å²) in [6, 6.07) is 11.3. The summed E-state index contributed by atoms with van der Waals surface area (Å²) in [5.74, 6) is 1.11. The van der Waals surface area contributed by atoms with Crippen molar-refractivity contribution in [3.63, 3.8) is 0 Å². The molecule has 198 valence electrons. The Kier molecular flexibility index (Phi) is 6.60. The van der Waals surface area contributed by atoms with Crippen molar-refractivity contribution in [1.82, 2.24) is 14.9 Å². The summed E-state index contributed by atoms with van der Waals surface area (Å²) in [5.41, 5.74) is 4.52. The van der Waals surface area contributed by atoms with Gasteiger partial charge in [0.2, 0.25) is 0 Å². The van der Waals surface area contributed by atoms with Crippen molar-refractivity contribution in [2.45, 2.75) is 33.3 Å². The number of pyridine rings is 1. The molecule has 0 atom stereocenters. The fourth-order valence-corrected chi connectivity index (χ4v) is 4.72. The smallest absolute Gasteiger partial charge is 0.410 e. The number of carbonyl (C=O) groups excluding carboxylic acids is 1. The molecule has 4 aromatic rings. The van der Waals surface area contributed by atoms with Crippen molar-refractivity contribution in [2.24, 2.45) is 0 Å². The van der Waals surface area contributed by atoms with Crippen molar-refractivity contribution < 1.29 is 18.7 Å². The van der Waals surface area contributed by atoms with Crippen molar-refractivity contribution in [3.05, 3.63) is 64.8 Å². The van der Waals surface area contributed by atoms with E-state index in [2.05, 4.69) is 33.9 Å². The third-order valence-corrected chi connectivity index (χ3v) is 6.64. The number of aryl methyl sites for hydroxylation is 1. The Balaban J connectivity index is 1.43. The molecule has 1 aliphatic heterocycles. The molecular formula is C29H32N4O5. The highest BCUT2D eigenvalue weighted by atomic mass is 16.6. The van der Waals surface area contributed by atoms with Crippen LogP contribution in [0.15, 0.2) is 58.2 Å². The van der Waals surface area contributed by atoms with Crippen LogP contribution in [0.2, 0.25) is 0 Å². The van der Waals surface area contributed by atoms with Gasteiger partial charge in [-0.25, -0.2) is 9.78 Å². The Bertz CT molecular complexity index is 1530. The number of piperazine rings is 1. The molecule has 0 unspecified atom stereocenters. The Morgan fingerprint density at radius 2 is 1.84 bits per heavy atom. The molecule has 9 nitrogen and oxygen atoms in total. The van der Waals surface area contributed by atoms with E-state index in [0.717, 1.165) is 16.8 Å². The molecule has 1 fully saturated rings. The van der Waals surface area contributed by atoms with Gasteiger partial charge in [-0.2, -0.15) is 0 Å². The third kappa shape index (κ3) is 5.09. The summed E-state index contributed by atoms with van der Waals surface area (Å²) in [6.07, 6.45) is 2.66. The Hall–Kier alpha value is -4.27. The van der Waals surface area contributed by atoms with Crippen molar-refractivity contribution in [2.75, 3.05) is 38.2 Å². The second kappa shape index (κ2) is 9.89. The highest BCUT2D eigenvalue weighted by Gasteiger charge is 2.26. The number of hydrogen-bond acceptors (Lipinski definition) is 7. The lowest BCUT2D eigenvalue weighted by atomic mass is 10.0. The maximum atomic E-state index is 13.2. The molecule has 0 bridgehead atoms. The topological polar surface area (TPSA) is 101 Å². The number of fused-ring (bicyclic) bond motifs is 1. The molecule has 1 amide bonds. The largest absolute Gasteiger partial charge is 0.496 e. The van der Waals surface area contributed by atoms with E-state index < -0.39 is 5.60 Å². The van der Waals surface area contributed by atoms with Crippen LogP contribution in [0.4, 0.5) is 10.5 Å². The van der Waals surface area contributed by atoms with E-state index in [1.54, 1.807) is 30.3 Å². The van der Waals surface area contributed by atoms with Crippen LogP contribution in [0.25, 0.3) is 33.5 Å². The van der Waals surface area contributed by atoms with Gasteiger partial charge in [0, 0.05) is 60.6 Å². The summed E-state index contributed by atoms with van der Waals surface area (Å²) in [6.45, 7) is 10.2. The molecular weight excluding hydrogens is 484 g/mol. The molecule has 2 aromatic carbocycles. The number of aromatic nitrogens is 2. The maximum absolute atomic E-state index is 13.2. The summed E-state index contributed by atoms with van der Waals surface area (Å²) < 4.78 is 16.5. The van der Waals surface area contributed by atoms with Crippen LogP contribution in [0.1, 0.15) is 26.3 Å². The molecule has 1 aliphatic rings. The first-order valence-corrected chi connectivity index (χ1v) is 12.6. The highest BCUT2D eigenvalue weighted by Crippen LogP contribution is 2.34. The number of aromatic amines is 1. The molecule has 0 spiro atoms. The summed E-state index contributed by atoms with van der Waals surface area (Å²) in [4.78, 5) is 37.1. The number of carbonyl (C=O) groups is 1. The SMILES string of the molecule is COc1cc2[nH]c(-c3ccc(C)c(N4CCN(C(=O)OC(C)(C)C)CC4)c3)cc(=O)c2cc1-c1cnco1. The minimum Gasteiger partial charge on any atom is -0.496 e. The molecule has 1 saturated heterocycles. The van der Waals surface area contributed by atoms with E-state index in [1.807, 2.05) is 32.9 Å². The molecule has 5 rings (SSSR count). The van der Waals surface area contributed by atoms with Crippen LogP contribution < -0.4 is 15.1 Å². The molecule has 9 heteroatoms. The molecule has 3 heterocycles. The Labute approximate surface area is 221 Å². The number of ether oxygens (including phenoxy) is 2. The molecule has 1 N–H and O–H groups in total. The average molecular weight is 517 g/mol. The number of hydrogen-bond donors (Lipinski definition) is 1. The van der Waals surface area contributed by atoms with Gasteiger partial charge in [-0.3, -0.25) is 4.79 Å². The number of benzene rings is 2. The minimum atomic E-state index is -0.516. The fraction of sp³-hybridized carbons (Fsp3) is 0.345. The van der Waals surface area contributed by atoms with Gasteiger partial charge in [-0.15, -0.1) is 0 Å². The second-order valence-corrected chi connectivity index (χ2v) is 10.5. The Morgan fingerprint density at radius 3 is 2.50 bits per heavy atom. The molecule has 0 aliphatic carbocycles. The van der Waals surface area contributed by atoms with Crippen LogP contribution in [-0.2, 0) is 4.74 Å². The first-order valence-electron chi connectivity index (χ1n) is 12.6. The Morgan fingerprint density at radius 1 is 1.08 bits per heavy atom. The van der Waals surface area contributed by atoms with Crippen LogP contribution in [0, 0.1) is 6.92 Å².